The third-order valence-electron chi connectivity index (χ3n) is 3.34. The van der Waals surface area contributed by atoms with E-state index >= 15 is 0 Å². The highest BCUT2D eigenvalue weighted by Crippen LogP contribution is 2.12. The number of unbranched alkanes of at least 4 members (excludes halogenated alkanes) is 1. The number of carbonyl (C=O) groups is 2. The molecule has 1 atom stereocenters. The fourth-order valence-corrected chi connectivity index (χ4v) is 1.93. The molecular formula is C16H24N2O3. The van der Waals surface area contributed by atoms with Crippen LogP contribution in [0.5, 0.6) is 0 Å². The molecule has 0 aliphatic carbocycles. The molecular weight excluding hydrogens is 268 g/mol. The summed E-state index contributed by atoms with van der Waals surface area (Å²) in [6, 6.07) is 7.45. The van der Waals surface area contributed by atoms with Crippen molar-refractivity contribution in [3.8, 4) is 0 Å². The molecule has 0 aromatic heterocycles. The molecule has 2 amide bonds. The molecule has 0 radical (unpaired) electrons. The number of carbonyl (C=O) groups excluding carboxylic acids is 1. The first-order chi connectivity index (χ1) is 9.93. The molecule has 5 nitrogen and oxygen atoms in total. The van der Waals surface area contributed by atoms with E-state index in [2.05, 4.69) is 12.2 Å². The molecule has 1 aromatic rings. The van der Waals surface area contributed by atoms with Crippen LogP contribution >= 0.6 is 0 Å². The van der Waals surface area contributed by atoms with Crippen LogP contribution in [0.25, 0.3) is 0 Å². The summed E-state index contributed by atoms with van der Waals surface area (Å²) in [7, 11) is 1.59. The van der Waals surface area contributed by atoms with Gasteiger partial charge in [0.25, 0.3) is 0 Å². The molecule has 1 aromatic carbocycles. The quantitative estimate of drug-likeness (QED) is 0.810. The number of amides is 2. The molecule has 0 spiro atoms. The Morgan fingerprint density at radius 1 is 1.29 bits per heavy atom. The predicted molar refractivity (Wildman–Crippen MR) is 83.5 cm³/mol. The summed E-state index contributed by atoms with van der Waals surface area (Å²) in [4.78, 5) is 24.1. The Kier molecular flexibility index (Phi) is 6.72. The van der Waals surface area contributed by atoms with Crippen LogP contribution in [0, 0.1) is 5.92 Å². The molecule has 116 valence electrons. The van der Waals surface area contributed by atoms with E-state index in [0.717, 1.165) is 24.9 Å². The zero-order valence-electron chi connectivity index (χ0n) is 12.9. The minimum absolute atomic E-state index is 0.176. The second-order valence-electron chi connectivity index (χ2n) is 5.35. The lowest BCUT2D eigenvalue weighted by atomic mass is 10.1. The van der Waals surface area contributed by atoms with Gasteiger partial charge in [0.05, 0.1) is 5.92 Å². The van der Waals surface area contributed by atoms with Crippen LogP contribution in [-0.4, -0.2) is 35.6 Å². The largest absolute Gasteiger partial charge is 0.481 e. The van der Waals surface area contributed by atoms with Gasteiger partial charge in [0, 0.05) is 19.3 Å². The summed E-state index contributed by atoms with van der Waals surface area (Å²) in [6.07, 6.45) is 3.35. The maximum atomic E-state index is 11.9. The number of nitrogens with zero attached hydrogens (tertiary/aromatic N) is 1. The fourth-order valence-electron chi connectivity index (χ4n) is 1.93. The minimum Gasteiger partial charge on any atom is -0.481 e. The zero-order valence-corrected chi connectivity index (χ0v) is 12.9. The first kappa shape index (κ1) is 17.0. The zero-order chi connectivity index (χ0) is 15.8. The summed E-state index contributed by atoms with van der Waals surface area (Å²) in [5, 5.41) is 11.6. The van der Waals surface area contributed by atoms with E-state index in [1.54, 1.807) is 14.0 Å². The molecule has 1 unspecified atom stereocenters. The van der Waals surface area contributed by atoms with Gasteiger partial charge >= 0.3 is 12.0 Å². The second kappa shape index (κ2) is 8.29. The van der Waals surface area contributed by atoms with E-state index in [4.69, 9.17) is 5.11 Å². The lowest BCUT2D eigenvalue weighted by Crippen LogP contribution is -2.36. The molecule has 0 aliphatic rings. The van der Waals surface area contributed by atoms with Gasteiger partial charge in [-0.2, -0.15) is 0 Å². The summed E-state index contributed by atoms with van der Waals surface area (Å²) in [6.45, 7) is 3.91. The number of benzene rings is 1. The lowest BCUT2D eigenvalue weighted by molar-refractivity contribution is -0.141. The van der Waals surface area contributed by atoms with Crippen LogP contribution in [0.15, 0.2) is 24.3 Å². The third-order valence-corrected chi connectivity index (χ3v) is 3.34. The van der Waals surface area contributed by atoms with Crippen LogP contribution in [0.3, 0.4) is 0 Å². The topological polar surface area (TPSA) is 69.6 Å². The summed E-state index contributed by atoms with van der Waals surface area (Å²) >= 11 is 0. The molecule has 5 heteroatoms. The van der Waals surface area contributed by atoms with Gasteiger partial charge in [-0.1, -0.05) is 32.4 Å². The number of carboxylic acids is 1. The Labute approximate surface area is 126 Å². The number of hydrogen-bond donors (Lipinski definition) is 2. The van der Waals surface area contributed by atoms with E-state index in [1.165, 1.54) is 10.5 Å². The van der Waals surface area contributed by atoms with Gasteiger partial charge in [-0.05, 0) is 30.5 Å². The van der Waals surface area contributed by atoms with Gasteiger partial charge < -0.3 is 15.3 Å². The summed E-state index contributed by atoms with van der Waals surface area (Å²) in [5.41, 5.74) is 1.97. The standard InChI is InChI=1S/C16H24N2O3/c1-4-5-6-13-7-9-14(10-8-13)17-16(21)18(3)11-12(2)15(19)20/h7-10,12H,4-6,11H2,1-3H3,(H,17,21)(H,19,20). The molecule has 0 heterocycles. The maximum absolute atomic E-state index is 11.9. The van der Waals surface area contributed by atoms with Crippen LogP contribution in [0.1, 0.15) is 32.3 Å². The molecule has 0 saturated carbocycles. The van der Waals surface area contributed by atoms with Crippen molar-refractivity contribution in [3.63, 3.8) is 0 Å². The Bertz CT molecular complexity index is 471. The van der Waals surface area contributed by atoms with Gasteiger partial charge in [0.2, 0.25) is 0 Å². The monoisotopic (exact) mass is 292 g/mol. The number of hydrogen-bond acceptors (Lipinski definition) is 2. The van der Waals surface area contributed by atoms with Crippen molar-refractivity contribution in [1.29, 1.82) is 0 Å². The fraction of sp³-hybridized carbons (Fsp3) is 0.500. The van der Waals surface area contributed by atoms with E-state index in [-0.39, 0.29) is 12.6 Å². The number of anilines is 1. The molecule has 0 aliphatic heterocycles. The van der Waals surface area contributed by atoms with Gasteiger partial charge in [-0.15, -0.1) is 0 Å². The number of aryl methyl sites for hydroxylation is 1. The average Bonchev–Trinajstić information content (AvgIpc) is 2.46. The van der Waals surface area contributed by atoms with Crippen molar-refractivity contribution in [1.82, 2.24) is 4.90 Å². The van der Waals surface area contributed by atoms with Crippen molar-refractivity contribution in [2.45, 2.75) is 33.1 Å². The highest BCUT2D eigenvalue weighted by Gasteiger charge is 2.17. The van der Waals surface area contributed by atoms with Crippen molar-refractivity contribution in [2.75, 3.05) is 18.9 Å². The number of aliphatic carboxylic acids is 1. The van der Waals surface area contributed by atoms with Gasteiger partial charge in [0.15, 0.2) is 0 Å². The minimum atomic E-state index is -0.907. The SMILES string of the molecule is CCCCc1ccc(NC(=O)N(C)CC(C)C(=O)O)cc1. The van der Waals surface area contributed by atoms with Gasteiger partial charge in [0.1, 0.15) is 0 Å². The van der Waals surface area contributed by atoms with Crippen LogP contribution in [-0.2, 0) is 11.2 Å². The van der Waals surface area contributed by atoms with Crippen molar-refractivity contribution in [2.24, 2.45) is 5.92 Å². The number of nitrogens with one attached hydrogen (secondary N) is 1. The number of carboxylic acid groups (broad SMARTS) is 1. The number of urea groups is 1. The first-order valence-electron chi connectivity index (χ1n) is 7.28. The van der Waals surface area contributed by atoms with E-state index in [1.807, 2.05) is 24.3 Å². The molecule has 1 rings (SSSR count). The van der Waals surface area contributed by atoms with Crippen LogP contribution in [0.2, 0.25) is 0 Å². The van der Waals surface area contributed by atoms with Crippen molar-refractivity contribution < 1.29 is 14.7 Å². The predicted octanol–water partition coefficient (Wildman–Crippen LogP) is 3.21. The Hall–Kier alpha value is -2.04. The second-order valence-corrected chi connectivity index (χ2v) is 5.35. The van der Waals surface area contributed by atoms with Crippen molar-refractivity contribution in [3.05, 3.63) is 29.8 Å². The molecule has 21 heavy (non-hydrogen) atoms. The number of rotatable bonds is 7. The summed E-state index contributed by atoms with van der Waals surface area (Å²) in [5.74, 6) is -1.49. The van der Waals surface area contributed by atoms with Crippen molar-refractivity contribution >= 4 is 17.7 Å². The van der Waals surface area contributed by atoms with Gasteiger partial charge in [-0.3, -0.25) is 4.79 Å². The highest BCUT2D eigenvalue weighted by molar-refractivity contribution is 5.89. The van der Waals surface area contributed by atoms with E-state index in [0.29, 0.717) is 0 Å². The smallest absolute Gasteiger partial charge is 0.321 e. The molecule has 0 saturated heterocycles. The average molecular weight is 292 g/mol. The first-order valence-corrected chi connectivity index (χ1v) is 7.28. The Balaban J connectivity index is 2.52. The third kappa shape index (κ3) is 5.85. The maximum Gasteiger partial charge on any atom is 0.321 e. The molecule has 0 fully saturated rings. The van der Waals surface area contributed by atoms with Crippen LogP contribution in [0.4, 0.5) is 10.5 Å². The normalized spacial score (nSPS) is 11.8. The van der Waals surface area contributed by atoms with E-state index < -0.39 is 11.9 Å². The van der Waals surface area contributed by atoms with E-state index in [9.17, 15) is 9.59 Å². The molecule has 2 N–H and O–H groups in total. The lowest BCUT2D eigenvalue weighted by Gasteiger charge is -2.20. The highest BCUT2D eigenvalue weighted by atomic mass is 16.4. The summed E-state index contributed by atoms with van der Waals surface area (Å²) < 4.78 is 0. The van der Waals surface area contributed by atoms with Gasteiger partial charge in [-0.25, -0.2) is 4.79 Å². The van der Waals surface area contributed by atoms with Crippen LogP contribution < -0.4 is 5.32 Å². The molecule has 0 bridgehead atoms. The Morgan fingerprint density at radius 3 is 2.43 bits per heavy atom. The Morgan fingerprint density at radius 2 is 1.90 bits per heavy atom.